The minimum absolute atomic E-state index is 0.114. The van der Waals surface area contributed by atoms with Gasteiger partial charge in [0.1, 0.15) is 5.75 Å². The zero-order chi connectivity index (χ0) is 20.3. The Morgan fingerprint density at radius 1 is 1.14 bits per heavy atom. The van der Waals surface area contributed by atoms with Crippen LogP contribution >= 0.6 is 23.2 Å². The second kappa shape index (κ2) is 8.50. The predicted octanol–water partition coefficient (Wildman–Crippen LogP) is 2.85. The molecular formula is C19H17Cl2N3O4. The first-order valence-corrected chi connectivity index (χ1v) is 9.16. The van der Waals surface area contributed by atoms with Crippen molar-refractivity contribution in [1.29, 1.82) is 0 Å². The maximum Gasteiger partial charge on any atom is 0.262 e. The average molecular weight is 422 g/mol. The second-order valence-corrected chi connectivity index (χ2v) is 7.08. The highest BCUT2D eigenvalue weighted by molar-refractivity contribution is 6.42. The first-order valence-electron chi connectivity index (χ1n) is 8.41. The summed E-state index contributed by atoms with van der Waals surface area (Å²) in [5, 5.41) is 3.39. The molecule has 7 nitrogen and oxygen atoms in total. The smallest absolute Gasteiger partial charge is 0.262 e. The van der Waals surface area contributed by atoms with E-state index in [1.165, 1.54) is 4.90 Å². The monoisotopic (exact) mass is 421 g/mol. The molecule has 1 heterocycles. The van der Waals surface area contributed by atoms with Gasteiger partial charge in [0.25, 0.3) is 5.91 Å². The van der Waals surface area contributed by atoms with E-state index in [-0.39, 0.29) is 31.4 Å². The predicted molar refractivity (Wildman–Crippen MR) is 107 cm³/mol. The van der Waals surface area contributed by atoms with E-state index < -0.39 is 11.8 Å². The van der Waals surface area contributed by atoms with E-state index in [1.54, 1.807) is 42.5 Å². The van der Waals surface area contributed by atoms with Crippen LogP contribution in [-0.2, 0) is 14.4 Å². The molecule has 2 aromatic carbocycles. The highest BCUT2D eigenvalue weighted by atomic mass is 35.5. The highest BCUT2D eigenvalue weighted by Crippen LogP contribution is 2.27. The number of nitrogens with zero attached hydrogens (tertiary/aromatic N) is 1. The summed E-state index contributed by atoms with van der Waals surface area (Å²) in [7, 11) is 0. The molecule has 0 aromatic heterocycles. The van der Waals surface area contributed by atoms with Crippen molar-refractivity contribution in [2.75, 3.05) is 23.4 Å². The molecular weight excluding hydrogens is 405 g/mol. The summed E-state index contributed by atoms with van der Waals surface area (Å²) in [6.45, 7) is 0.0619. The van der Waals surface area contributed by atoms with E-state index >= 15 is 0 Å². The maximum absolute atomic E-state index is 12.0. The summed E-state index contributed by atoms with van der Waals surface area (Å²) in [5.74, 6) is -1.01. The Labute approximate surface area is 171 Å². The van der Waals surface area contributed by atoms with Crippen LogP contribution in [-0.4, -0.2) is 30.9 Å². The first-order chi connectivity index (χ1) is 13.3. The summed E-state index contributed by atoms with van der Waals surface area (Å²) in [4.78, 5) is 36.8. The van der Waals surface area contributed by atoms with E-state index in [4.69, 9.17) is 33.7 Å². The average Bonchev–Trinajstić information content (AvgIpc) is 3.06. The SMILES string of the molecule is NC(=O)[C@@H]1CC(=O)N(c2ccc(OCC(=O)Nc3ccc(Cl)c(Cl)c3)cc2)C1. The lowest BCUT2D eigenvalue weighted by Crippen LogP contribution is -2.28. The minimum Gasteiger partial charge on any atom is -0.484 e. The Morgan fingerprint density at radius 3 is 2.46 bits per heavy atom. The molecule has 3 N–H and O–H groups in total. The first kappa shape index (κ1) is 20.0. The number of halogens is 2. The van der Waals surface area contributed by atoms with Gasteiger partial charge in [0.05, 0.1) is 16.0 Å². The van der Waals surface area contributed by atoms with Crippen LogP contribution in [0.15, 0.2) is 42.5 Å². The molecule has 1 aliphatic rings. The third-order valence-corrected chi connectivity index (χ3v) is 4.99. The summed E-state index contributed by atoms with van der Waals surface area (Å²) in [5.41, 5.74) is 6.42. The Hall–Kier alpha value is -2.77. The van der Waals surface area contributed by atoms with Gasteiger partial charge in [-0.1, -0.05) is 23.2 Å². The van der Waals surface area contributed by atoms with Gasteiger partial charge in [-0.25, -0.2) is 0 Å². The van der Waals surface area contributed by atoms with E-state index in [0.717, 1.165) is 0 Å². The van der Waals surface area contributed by atoms with Gasteiger partial charge in [0, 0.05) is 24.3 Å². The fourth-order valence-electron chi connectivity index (χ4n) is 2.79. The van der Waals surface area contributed by atoms with Gasteiger partial charge in [-0.2, -0.15) is 0 Å². The van der Waals surface area contributed by atoms with Crippen molar-refractivity contribution in [3.8, 4) is 5.75 Å². The van der Waals surface area contributed by atoms with Crippen molar-refractivity contribution in [2.24, 2.45) is 11.7 Å². The summed E-state index contributed by atoms with van der Waals surface area (Å²) in [6.07, 6.45) is 0.114. The molecule has 0 saturated carbocycles. The van der Waals surface area contributed by atoms with E-state index in [0.29, 0.717) is 27.2 Å². The Morgan fingerprint density at radius 2 is 1.86 bits per heavy atom. The van der Waals surface area contributed by atoms with Crippen LogP contribution in [0.4, 0.5) is 11.4 Å². The van der Waals surface area contributed by atoms with Gasteiger partial charge in [-0.15, -0.1) is 0 Å². The normalized spacial score (nSPS) is 16.1. The topological polar surface area (TPSA) is 102 Å². The molecule has 3 amide bonds. The molecule has 0 unspecified atom stereocenters. The van der Waals surface area contributed by atoms with Gasteiger partial charge in [-0.05, 0) is 42.5 Å². The molecule has 1 atom stereocenters. The van der Waals surface area contributed by atoms with Crippen molar-refractivity contribution < 1.29 is 19.1 Å². The highest BCUT2D eigenvalue weighted by Gasteiger charge is 2.33. The Kier molecular flexibility index (Phi) is 6.06. The van der Waals surface area contributed by atoms with Gasteiger partial charge in [0.15, 0.2) is 6.61 Å². The molecule has 9 heteroatoms. The molecule has 0 spiro atoms. The van der Waals surface area contributed by atoms with Gasteiger partial charge >= 0.3 is 0 Å². The summed E-state index contributed by atoms with van der Waals surface area (Å²) in [6, 6.07) is 11.4. The van der Waals surface area contributed by atoms with Crippen molar-refractivity contribution in [3.05, 3.63) is 52.5 Å². The van der Waals surface area contributed by atoms with E-state index in [9.17, 15) is 14.4 Å². The number of carbonyl (C=O) groups excluding carboxylic acids is 3. The number of anilines is 2. The lowest BCUT2D eigenvalue weighted by molar-refractivity contribution is -0.123. The van der Waals surface area contributed by atoms with E-state index in [2.05, 4.69) is 5.32 Å². The number of hydrogen-bond donors (Lipinski definition) is 2. The fourth-order valence-corrected chi connectivity index (χ4v) is 3.09. The molecule has 1 aliphatic heterocycles. The quantitative estimate of drug-likeness (QED) is 0.748. The number of hydrogen-bond acceptors (Lipinski definition) is 4. The summed E-state index contributed by atoms with van der Waals surface area (Å²) < 4.78 is 5.45. The lowest BCUT2D eigenvalue weighted by atomic mass is 10.1. The summed E-state index contributed by atoms with van der Waals surface area (Å²) >= 11 is 11.7. The number of primary amides is 1. The van der Waals surface area contributed by atoms with Gasteiger partial charge in [0.2, 0.25) is 11.8 Å². The lowest BCUT2D eigenvalue weighted by Gasteiger charge is -2.16. The minimum atomic E-state index is -0.483. The molecule has 0 bridgehead atoms. The van der Waals surface area contributed by atoms with Crippen LogP contribution in [0, 0.1) is 5.92 Å². The van der Waals surface area contributed by atoms with Crippen LogP contribution in [0.2, 0.25) is 10.0 Å². The van der Waals surface area contributed by atoms with Crippen LogP contribution in [0.3, 0.4) is 0 Å². The number of nitrogens with two attached hydrogens (primary N) is 1. The Bertz CT molecular complexity index is 918. The molecule has 3 rings (SSSR count). The van der Waals surface area contributed by atoms with Crippen LogP contribution in [0.25, 0.3) is 0 Å². The molecule has 0 radical (unpaired) electrons. The number of rotatable bonds is 6. The number of benzene rings is 2. The van der Waals surface area contributed by atoms with Crippen molar-refractivity contribution in [3.63, 3.8) is 0 Å². The third kappa shape index (κ3) is 4.74. The molecule has 2 aromatic rings. The zero-order valence-electron chi connectivity index (χ0n) is 14.7. The van der Waals surface area contributed by atoms with Crippen molar-refractivity contribution in [2.45, 2.75) is 6.42 Å². The standard InChI is InChI=1S/C19H17Cl2N3O4/c20-15-6-1-12(8-16(15)21)23-17(25)10-28-14-4-2-13(3-5-14)24-9-11(19(22)27)7-18(24)26/h1-6,8,11H,7,9-10H2,(H2,22,27)(H,23,25)/t11-/m1/s1. The molecule has 1 fully saturated rings. The second-order valence-electron chi connectivity index (χ2n) is 6.27. The number of ether oxygens (including phenoxy) is 1. The Balaban J connectivity index is 1.54. The van der Waals surface area contributed by atoms with Gasteiger partial charge < -0.3 is 20.7 Å². The van der Waals surface area contributed by atoms with Crippen molar-refractivity contribution in [1.82, 2.24) is 0 Å². The van der Waals surface area contributed by atoms with Crippen LogP contribution in [0.1, 0.15) is 6.42 Å². The number of carbonyl (C=O) groups is 3. The zero-order valence-corrected chi connectivity index (χ0v) is 16.2. The van der Waals surface area contributed by atoms with Crippen molar-refractivity contribution >= 4 is 52.3 Å². The molecule has 28 heavy (non-hydrogen) atoms. The fraction of sp³-hybridized carbons (Fsp3) is 0.211. The molecule has 1 saturated heterocycles. The van der Waals surface area contributed by atoms with Gasteiger partial charge in [-0.3, -0.25) is 14.4 Å². The van der Waals surface area contributed by atoms with Crippen LogP contribution in [0.5, 0.6) is 5.75 Å². The number of amides is 3. The largest absolute Gasteiger partial charge is 0.484 e. The third-order valence-electron chi connectivity index (χ3n) is 4.25. The van der Waals surface area contributed by atoms with Crippen LogP contribution < -0.4 is 20.7 Å². The molecule has 0 aliphatic carbocycles. The maximum atomic E-state index is 12.0. The number of nitrogens with one attached hydrogen (secondary N) is 1. The molecule has 146 valence electrons. The van der Waals surface area contributed by atoms with E-state index in [1.807, 2.05) is 0 Å².